The van der Waals surface area contributed by atoms with Crippen LogP contribution in [-0.2, 0) is 11.2 Å². The van der Waals surface area contributed by atoms with Crippen molar-refractivity contribution in [3.05, 3.63) is 118 Å². The Labute approximate surface area is 199 Å². The Morgan fingerprint density at radius 2 is 1.34 bits per heavy atom. The average molecular weight is 476 g/mol. The summed E-state index contributed by atoms with van der Waals surface area (Å²) in [6.45, 7) is 0.331. The average Bonchev–Trinajstić information content (AvgIpc) is 2.84. The van der Waals surface area contributed by atoms with Gasteiger partial charge in [-0.05, 0) is 65.9 Å². The molecule has 0 aliphatic heterocycles. The van der Waals surface area contributed by atoms with Gasteiger partial charge in [-0.1, -0.05) is 35.8 Å². The predicted molar refractivity (Wildman–Crippen MR) is 124 cm³/mol. The molecule has 0 bridgehead atoms. The summed E-state index contributed by atoms with van der Waals surface area (Å²) in [6, 6.07) is 13.4. The summed E-state index contributed by atoms with van der Waals surface area (Å²) in [7, 11) is 1.50. The maximum absolute atomic E-state index is 14.5. The third kappa shape index (κ3) is 5.51. The Morgan fingerprint density at radius 1 is 0.657 bits per heavy atom. The van der Waals surface area contributed by atoms with Crippen molar-refractivity contribution in [1.29, 1.82) is 0 Å². The van der Waals surface area contributed by atoms with Gasteiger partial charge in [-0.25, -0.2) is 22.0 Å². The molecule has 4 rings (SSSR count). The maximum atomic E-state index is 14.5. The first kappa shape index (κ1) is 24.0. The Morgan fingerprint density at radius 3 is 2.06 bits per heavy atom. The van der Waals surface area contributed by atoms with E-state index in [1.165, 1.54) is 49.6 Å². The molecule has 0 spiro atoms. The van der Waals surface area contributed by atoms with Crippen molar-refractivity contribution in [2.45, 2.75) is 6.42 Å². The first-order chi connectivity index (χ1) is 16.9. The number of ether oxygens (including phenoxy) is 1. The lowest BCUT2D eigenvalue weighted by atomic mass is 10.1. The molecule has 0 aliphatic rings. The van der Waals surface area contributed by atoms with Crippen LogP contribution in [0.2, 0.25) is 0 Å². The second kappa shape index (κ2) is 10.4. The number of rotatable bonds is 3. The molecule has 4 aromatic carbocycles. The van der Waals surface area contributed by atoms with Gasteiger partial charge in [0.05, 0.1) is 17.7 Å². The van der Waals surface area contributed by atoms with Crippen LogP contribution in [0.4, 0.5) is 22.0 Å². The minimum Gasteiger partial charge on any atom is -0.384 e. The molecule has 35 heavy (non-hydrogen) atoms. The fourth-order valence-corrected chi connectivity index (χ4v) is 3.42. The van der Waals surface area contributed by atoms with Crippen LogP contribution < -0.4 is 0 Å². The molecular weight excluding hydrogens is 459 g/mol. The van der Waals surface area contributed by atoms with Crippen LogP contribution in [0, 0.1) is 52.8 Å². The minimum atomic E-state index is -0.939. The van der Waals surface area contributed by atoms with Crippen molar-refractivity contribution >= 4 is 10.8 Å². The van der Waals surface area contributed by atoms with Crippen molar-refractivity contribution < 1.29 is 26.7 Å². The fraction of sp³-hybridized carbons (Fsp3) is 0.103. The SMILES string of the molecule is COCCc1cc(F)c(C#Cc2ccc(C#Cc3ccc4c(F)c(F)ccc4c3)c(F)c2)c(F)c1. The van der Waals surface area contributed by atoms with Gasteiger partial charge in [0, 0.05) is 23.6 Å². The molecule has 0 N–H and O–H groups in total. The molecule has 0 unspecified atom stereocenters. The predicted octanol–water partition coefficient (Wildman–Crippen LogP) is 6.52. The highest BCUT2D eigenvalue weighted by Crippen LogP contribution is 2.21. The number of methoxy groups -OCH3 is 1. The highest BCUT2D eigenvalue weighted by molar-refractivity contribution is 5.84. The zero-order valence-corrected chi connectivity index (χ0v) is 18.5. The van der Waals surface area contributed by atoms with Gasteiger partial charge in [0.15, 0.2) is 11.6 Å². The lowest BCUT2D eigenvalue weighted by Crippen LogP contribution is -1.99. The lowest BCUT2D eigenvalue weighted by Gasteiger charge is -2.03. The highest BCUT2D eigenvalue weighted by Gasteiger charge is 2.10. The highest BCUT2D eigenvalue weighted by atomic mass is 19.2. The summed E-state index contributed by atoms with van der Waals surface area (Å²) in [4.78, 5) is 0. The van der Waals surface area contributed by atoms with E-state index < -0.39 is 34.6 Å². The van der Waals surface area contributed by atoms with Gasteiger partial charge in [-0.3, -0.25) is 0 Å². The normalized spacial score (nSPS) is 10.5. The summed E-state index contributed by atoms with van der Waals surface area (Å²) in [5.41, 5.74) is 0.846. The van der Waals surface area contributed by atoms with E-state index >= 15 is 0 Å². The topological polar surface area (TPSA) is 9.23 Å². The largest absolute Gasteiger partial charge is 0.384 e. The van der Waals surface area contributed by atoms with Gasteiger partial charge in [0.25, 0.3) is 0 Å². The first-order valence-electron chi connectivity index (χ1n) is 10.5. The quantitative estimate of drug-likeness (QED) is 0.242. The van der Waals surface area contributed by atoms with Crippen LogP contribution >= 0.6 is 0 Å². The summed E-state index contributed by atoms with van der Waals surface area (Å²) in [5.74, 6) is 6.33. The van der Waals surface area contributed by atoms with Crippen molar-refractivity contribution in [2.24, 2.45) is 0 Å². The monoisotopic (exact) mass is 476 g/mol. The van der Waals surface area contributed by atoms with E-state index in [1.807, 2.05) is 0 Å². The maximum Gasteiger partial charge on any atom is 0.166 e. The van der Waals surface area contributed by atoms with Crippen LogP contribution in [0.25, 0.3) is 10.8 Å². The number of hydrogen-bond acceptors (Lipinski definition) is 1. The smallest absolute Gasteiger partial charge is 0.166 e. The Bertz CT molecular complexity index is 1530. The standard InChI is InChI=1S/C29H17F5O/c1-35-13-12-20-16-27(32)24(28(33)17-20)10-5-19-3-7-21(26(31)15-19)6-2-18-4-9-23-22(14-18)8-11-25(30)29(23)34/h3-4,7-9,11,14-17H,12-13H2,1H3. The summed E-state index contributed by atoms with van der Waals surface area (Å²) < 4.78 is 75.2. The molecule has 0 aromatic heterocycles. The molecule has 0 fully saturated rings. The molecule has 0 amide bonds. The van der Waals surface area contributed by atoms with Gasteiger partial charge in [0.2, 0.25) is 0 Å². The van der Waals surface area contributed by atoms with Crippen molar-refractivity contribution in [3.8, 4) is 23.7 Å². The van der Waals surface area contributed by atoms with Gasteiger partial charge in [-0.2, -0.15) is 0 Å². The molecule has 6 heteroatoms. The van der Waals surface area contributed by atoms with Crippen LogP contribution in [0.15, 0.2) is 60.7 Å². The van der Waals surface area contributed by atoms with E-state index in [-0.39, 0.29) is 16.5 Å². The molecule has 0 radical (unpaired) electrons. The van der Waals surface area contributed by atoms with Gasteiger partial charge >= 0.3 is 0 Å². The third-order valence-electron chi connectivity index (χ3n) is 5.25. The Balaban J connectivity index is 1.56. The van der Waals surface area contributed by atoms with Crippen molar-refractivity contribution in [3.63, 3.8) is 0 Å². The second-order valence-electron chi connectivity index (χ2n) is 7.67. The van der Waals surface area contributed by atoms with Gasteiger partial charge < -0.3 is 4.74 Å². The first-order valence-corrected chi connectivity index (χ1v) is 10.5. The number of halogens is 5. The molecule has 0 heterocycles. The molecule has 0 saturated heterocycles. The van der Waals surface area contributed by atoms with Crippen LogP contribution in [0.3, 0.4) is 0 Å². The molecule has 4 aromatic rings. The molecule has 0 aliphatic carbocycles. The Kier molecular flexibility index (Phi) is 7.15. The Hall–Kier alpha value is -4.13. The van der Waals surface area contributed by atoms with E-state index in [9.17, 15) is 22.0 Å². The van der Waals surface area contributed by atoms with E-state index in [0.29, 0.717) is 29.5 Å². The number of benzene rings is 4. The molecular formula is C29H17F5O. The molecule has 0 saturated carbocycles. The minimum absolute atomic E-state index is 0.0841. The third-order valence-corrected chi connectivity index (χ3v) is 5.25. The van der Waals surface area contributed by atoms with Crippen LogP contribution in [0.5, 0.6) is 0 Å². The molecule has 174 valence electrons. The zero-order valence-electron chi connectivity index (χ0n) is 18.5. The summed E-state index contributed by atoms with van der Waals surface area (Å²) in [6.07, 6.45) is 0.362. The van der Waals surface area contributed by atoms with E-state index in [1.54, 1.807) is 6.07 Å². The number of hydrogen-bond donors (Lipinski definition) is 0. The lowest BCUT2D eigenvalue weighted by molar-refractivity contribution is 0.202. The van der Waals surface area contributed by atoms with E-state index in [0.717, 1.165) is 12.1 Å². The van der Waals surface area contributed by atoms with Gasteiger partial charge in [-0.15, -0.1) is 0 Å². The zero-order chi connectivity index (χ0) is 24.9. The van der Waals surface area contributed by atoms with E-state index in [4.69, 9.17) is 4.74 Å². The van der Waals surface area contributed by atoms with Crippen molar-refractivity contribution in [1.82, 2.24) is 0 Å². The van der Waals surface area contributed by atoms with Crippen LogP contribution in [0.1, 0.15) is 27.8 Å². The van der Waals surface area contributed by atoms with Gasteiger partial charge in [0.1, 0.15) is 17.5 Å². The van der Waals surface area contributed by atoms with Crippen molar-refractivity contribution in [2.75, 3.05) is 13.7 Å². The molecule has 1 nitrogen and oxygen atoms in total. The second-order valence-corrected chi connectivity index (χ2v) is 7.67. The fourth-order valence-electron chi connectivity index (χ4n) is 3.42. The summed E-state index contributed by atoms with van der Waals surface area (Å²) in [5, 5.41) is 0.593. The molecule has 0 atom stereocenters. The summed E-state index contributed by atoms with van der Waals surface area (Å²) >= 11 is 0. The van der Waals surface area contributed by atoms with E-state index in [2.05, 4.69) is 23.7 Å². The van der Waals surface area contributed by atoms with Crippen LogP contribution in [-0.4, -0.2) is 13.7 Å². The number of fused-ring (bicyclic) bond motifs is 1.